The second-order valence-corrected chi connectivity index (χ2v) is 5.07. The van der Waals surface area contributed by atoms with Crippen molar-refractivity contribution in [1.29, 1.82) is 0 Å². The summed E-state index contributed by atoms with van der Waals surface area (Å²) in [4.78, 5) is 0. The lowest BCUT2D eigenvalue weighted by atomic mass is 9.96. The molecule has 0 aliphatic carbocycles. The Labute approximate surface area is 96.8 Å². The molecule has 0 saturated heterocycles. The van der Waals surface area contributed by atoms with E-state index < -0.39 is 0 Å². The first-order chi connectivity index (χ1) is 7.20. The van der Waals surface area contributed by atoms with Crippen molar-refractivity contribution in [3.8, 4) is 0 Å². The van der Waals surface area contributed by atoms with Crippen molar-refractivity contribution < 1.29 is 0 Å². The van der Waals surface area contributed by atoms with Crippen molar-refractivity contribution in [2.45, 2.75) is 84.6 Å². The molecule has 15 heavy (non-hydrogen) atoms. The van der Waals surface area contributed by atoms with Crippen molar-refractivity contribution in [3.05, 3.63) is 0 Å². The Balaban J connectivity index is 3.20. The van der Waals surface area contributed by atoms with Crippen LogP contribution < -0.4 is 5.73 Å². The lowest BCUT2D eigenvalue weighted by molar-refractivity contribution is 0.422. The summed E-state index contributed by atoms with van der Waals surface area (Å²) in [7, 11) is 0. The summed E-state index contributed by atoms with van der Waals surface area (Å²) < 4.78 is 0. The molecule has 2 unspecified atom stereocenters. The van der Waals surface area contributed by atoms with E-state index in [1.807, 2.05) is 0 Å². The molecule has 0 aromatic heterocycles. The Morgan fingerprint density at radius 1 is 0.933 bits per heavy atom. The van der Waals surface area contributed by atoms with E-state index in [1.165, 1.54) is 57.8 Å². The molecule has 0 bridgehead atoms. The van der Waals surface area contributed by atoms with Gasteiger partial charge in [0.25, 0.3) is 0 Å². The first-order valence-electron chi connectivity index (χ1n) is 6.96. The highest BCUT2D eigenvalue weighted by molar-refractivity contribution is 4.65. The van der Waals surface area contributed by atoms with Crippen LogP contribution in [0.4, 0.5) is 0 Å². The van der Waals surface area contributed by atoms with Crippen LogP contribution in [-0.4, -0.2) is 6.04 Å². The zero-order chi connectivity index (χ0) is 11.5. The van der Waals surface area contributed by atoms with Crippen LogP contribution in [0.3, 0.4) is 0 Å². The van der Waals surface area contributed by atoms with Gasteiger partial charge in [0, 0.05) is 6.04 Å². The molecule has 0 fully saturated rings. The average molecular weight is 213 g/mol. The second-order valence-electron chi connectivity index (χ2n) is 5.07. The summed E-state index contributed by atoms with van der Waals surface area (Å²) in [5.74, 6) is 0.806. The molecule has 2 N–H and O–H groups in total. The fraction of sp³-hybridized carbons (Fsp3) is 1.00. The van der Waals surface area contributed by atoms with E-state index in [4.69, 9.17) is 5.73 Å². The second kappa shape index (κ2) is 10.5. The normalized spacial score (nSPS) is 15.2. The van der Waals surface area contributed by atoms with Gasteiger partial charge < -0.3 is 5.73 Å². The van der Waals surface area contributed by atoms with E-state index >= 15 is 0 Å². The highest BCUT2D eigenvalue weighted by Crippen LogP contribution is 2.14. The van der Waals surface area contributed by atoms with Crippen LogP contribution in [0.2, 0.25) is 0 Å². The molecule has 0 radical (unpaired) electrons. The highest BCUT2D eigenvalue weighted by Gasteiger charge is 2.06. The van der Waals surface area contributed by atoms with Crippen LogP contribution in [0.25, 0.3) is 0 Å². The van der Waals surface area contributed by atoms with Crippen LogP contribution >= 0.6 is 0 Å². The third kappa shape index (κ3) is 10.2. The molecule has 1 heteroatoms. The summed E-state index contributed by atoms with van der Waals surface area (Å²) in [6.07, 6.45) is 12.0. The number of rotatable bonds is 10. The predicted octanol–water partition coefficient (Wildman–Crippen LogP) is 4.50. The van der Waals surface area contributed by atoms with Gasteiger partial charge in [0.2, 0.25) is 0 Å². The molecule has 1 nitrogen and oxygen atoms in total. The standard InChI is InChI=1S/C14H31N/c1-4-6-7-8-9-10-11-14(15)12-13(3)5-2/h13-14H,4-12,15H2,1-3H3. The van der Waals surface area contributed by atoms with Gasteiger partial charge in [-0.3, -0.25) is 0 Å². The van der Waals surface area contributed by atoms with Crippen molar-refractivity contribution in [2.75, 3.05) is 0 Å². The van der Waals surface area contributed by atoms with E-state index in [-0.39, 0.29) is 0 Å². The third-order valence-electron chi connectivity index (χ3n) is 3.33. The topological polar surface area (TPSA) is 26.0 Å². The molecule has 0 spiro atoms. The summed E-state index contributed by atoms with van der Waals surface area (Å²) in [6, 6.07) is 0.450. The first kappa shape index (κ1) is 15.0. The molecule has 0 aliphatic rings. The lowest BCUT2D eigenvalue weighted by Crippen LogP contribution is -2.22. The van der Waals surface area contributed by atoms with Gasteiger partial charge in [0.1, 0.15) is 0 Å². The van der Waals surface area contributed by atoms with Gasteiger partial charge >= 0.3 is 0 Å². The maximum atomic E-state index is 6.09. The van der Waals surface area contributed by atoms with Crippen LogP contribution in [0.5, 0.6) is 0 Å². The average Bonchev–Trinajstić information content (AvgIpc) is 2.23. The molecule has 0 saturated carbocycles. The molecule has 0 rings (SSSR count). The maximum Gasteiger partial charge on any atom is 0.00413 e. The van der Waals surface area contributed by atoms with Gasteiger partial charge in [-0.15, -0.1) is 0 Å². The molecular weight excluding hydrogens is 182 g/mol. The van der Waals surface area contributed by atoms with E-state index in [0.29, 0.717) is 6.04 Å². The Bertz CT molecular complexity index is 123. The predicted molar refractivity (Wildman–Crippen MR) is 70.0 cm³/mol. The molecule has 0 amide bonds. The largest absolute Gasteiger partial charge is 0.328 e. The molecule has 2 atom stereocenters. The number of hydrogen-bond donors (Lipinski definition) is 1. The Morgan fingerprint density at radius 3 is 2.13 bits per heavy atom. The van der Waals surface area contributed by atoms with E-state index in [1.54, 1.807) is 0 Å². The molecular formula is C14H31N. The van der Waals surface area contributed by atoms with Gasteiger partial charge in [-0.1, -0.05) is 65.7 Å². The van der Waals surface area contributed by atoms with Gasteiger partial charge in [0.15, 0.2) is 0 Å². The summed E-state index contributed by atoms with van der Waals surface area (Å²) in [6.45, 7) is 6.82. The van der Waals surface area contributed by atoms with Crippen LogP contribution in [-0.2, 0) is 0 Å². The minimum Gasteiger partial charge on any atom is -0.328 e. The minimum absolute atomic E-state index is 0.450. The first-order valence-corrected chi connectivity index (χ1v) is 6.96. The zero-order valence-electron chi connectivity index (χ0n) is 11.1. The smallest absolute Gasteiger partial charge is 0.00413 e. The van der Waals surface area contributed by atoms with Gasteiger partial charge in [-0.25, -0.2) is 0 Å². The molecule has 0 aliphatic heterocycles. The van der Waals surface area contributed by atoms with Gasteiger partial charge in [0.05, 0.1) is 0 Å². The van der Waals surface area contributed by atoms with E-state index in [9.17, 15) is 0 Å². The molecule has 92 valence electrons. The Hall–Kier alpha value is -0.0400. The van der Waals surface area contributed by atoms with Crippen molar-refractivity contribution in [3.63, 3.8) is 0 Å². The van der Waals surface area contributed by atoms with E-state index in [0.717, 1.165) is 5.92 Å². The summed E-state index contributed by atoms with van der Waals surface area (Å²) in [5.41, 5.74) is 6.09. The van der Waals surface area contributed by atoms with Gasteiger partial charge in [-0.2, -0.15) is 0 Å². The number of nitrogens with two attached hydrogens (primary N) is 1. The summed E-state index contributed by atoms with van der Waals surface area (Å²) in [5, 5.41) is 0. The van der Waals surface area contributed by atoms with Crippen molar-refractivity contribution in [1.82, 2.24) is 0 Å². The Kier molecular flexibility index (Phi) is 10.4. The molecule has 0 heterocycles. The van der Waals surface area contributed by atoms with Gasteiger partial charge in [-0.05, 0) is 18.8 Å². The minimum atomic E-state index is 0.450. The van der Waals surface area contributed by atoms with Crippen LogP contribution in [0.15, 0.2) is 0 Å². The Morgan fingerprint density at radius 2 is 1.53 bits per heavy atom. The van der Waals surface area contributed by atoms with Crippen LogP contribution in [0.1, 0.15) is 78.6 Å². The molecule has 0 aromatic rings. The maximum absolute atomic E-state index is 6.09. The third-order valence-corrected chi connectivity index (χ3v) is 3.33. The fourth-order valence-electron chi connectivity index (χ4n) is 1.99. The zero-order valence-corrected chi connectivity index (χ0v) is 11.1. The number of hydrogen-bond acceptors (Lipinski definition) is 1. The molecule has 0 aromatic carbocycles. The number of unbranched alkanes of at least 4 members (excludes halogenated alkanes) is 5. The summed E-state index contributed by atoms with van der Waals surface area (Å²) >= 11 is 0. The quantitative estimate of drug-likeness (QED) is 0.531. The van der Waals surface area contributed by atoms with E-state index in [2.05, 4.69) is 20.8 Å². The van der Waals surface area contributed by atoms with Crippen molar-refractivity contribution >= 4 is 0 Å². The monoisotopic (exact) mass is 213 g/mol. The SMILES string of the molecule is CCCCCCCCC(N)CC(C)CC. The van der Waals surface area contributed by atoms with Crippen molar-refractivity contribution in [2.24, 2.45) is 11.7 Å². The van der Waals surface area contributed by atoms with Crippen LogP contribution in [0, 0.1) is 5.92 Å². The highest BCUT2D eigenvalue weighted by atomic mass is 14.6. The lowest BCUT2D eigenvalue weighted by Gasteiger charge is -2.15. The fourth-order valence-corrected chi connectivity index (χ4v) is 1.99.